The predicted molar refractivity (Wildman–Crippen MR) is 143 cm³/mol. The zero-order chi connectivity index (χ0) is 24.8. The summed E-state index contributed by atoms with van der Waals surface area (Å²) in [6.45, 7) is 10.5. The van der Waals surface area contributed by atoms with Gasteiger partial charge in [-0.15, -0.1) is 0 Å². The first-order valence-electron chi connectivity index (χ1n) is 12.0. The Bertz CT molecular complexity index is 1110. The number of nitrogens with one attached hydrogen (secondary N) is 1. The van der Waals surface area contributed by atoms with E-state index in [4.69, 9.17) is 10.5 Å². The zero-order valence-electron chi connectivity index (χ0n) is 21.2. The van der Waals surface area contributed by atoms with E-state index in [1.807, 2.05) is 60.4 Å². The summed E-state index contributed by atoms with van der Waals surface area (Å²) in [4.78, 5) is 15.7. The first kappa shape index (κ1) is 25.2. The molecular formula is C29H37N3O2. The fourth-order valence-electron chi connectivity index (χ4n) is 4.28. The number of nitrogen functional groups attached to an aromatic ring is 1. The molecule has 0 heterocycles. The molecule has 0 saturated carbocycles. The second kappa shape index (κ2) is 11.1. The monoisotopic (exact) mass is 459 g/mol. The topological polar surface area (TPSA) is 67.6 Å². The largest absolute Gasteiger partial charge is 0.497 e. The van der Waals surface area contributed by atoms with Crippen LogP contribution in [-0.2, 0) is 12.8 Å². The van der Waals surface area contributed by atoms with Crippen LogP contribution in [0.1, 0.15) is 68.8 Å². The molecule has 0 aliphatic rings. The van der Waals surface area contributed by atoms with Gasteiger partial charge in [0.15, 0.2) is 0 Å². The zero-order valence-corrected chi connectivity index (χ0v) is 21.2. The third-order valence-corrected chi connectivity index (χ3v) is 6.44. The van der Waals surface area contributed by atoms with Crippen molar-refractivity contribution >= 4 is 23.1 Å². The maximum atomic E-state index is 13.9. The van der Waals surface area contributed by atoms with Crippen LogP contribution in [-0.4, -0.2) is 13.1 Å². The molecular weight excluding hydrogens is 422 g/mol. The Morgan fingerprint density at radius 3 is 2.06 bits per heavy atom. The van der Waals surface area contributed by atoms with E-state index < -0.39 is 0 Å². The van der Waals surface area contributed by atoms with Crippen molar-refractivity contribution in [1.29, 1.82) is 0 Å². The highest BCUT2D eigenvalue weighted by Gasteiger charge is 2.25. The number of hydrogen-bond donors (Lipinski definition) is 2. The van der Waals surface area contributed by atoms with Crippen LogP contribution in [0.4, 0.5) is 21.9 Å². The second-order valence-corrected chi connectivity index (χ2v) is 8.87. The van der Waals surface area contributed by atoms with Crippen LogP contribution in [0.3, 0.4) is 0 Å². The third-order valence-electron chi connectivity index (χ3n) is 6.44. The van der Waals surface area contributed by atoms with Gasteiger partial charge in [0.05, 0.1) is 18.8 Å². The number of hydrogen-bond acceptors (Lipinski definition) is 3. The van der Waals surface area contributed by atoms with E-state index in [9.17, 15) is 4.79 Å². The fourth-order valence-corrected chi connectivity index (χ4v) is 4.28. The smallest absolute Gasteiger partial charge is 0.326 e. The highest BCUT2D eigenvalue weighted by atomic mass is 16.5. The Morgan fingerprint density at radius 2 is 1.53 bits per heavy atom. The van der Waals surface area contributed by atoms with Gasteiger partial charge in [-0.2, -0.15) is 0 Å². The van der Waals surface area contributed by atoms with Crippen molar-refractivity contribution in [3.05, 3.63) is 82.9 Å². The summed E-state index contributed by atoms with van der Waals surface area (Å²) in [5.41, 5.74) is 12.9. The lowest BCUT2D eigenvalue weighted by atomic mass is 10.0. The first-order valence-corrected chi connectivity index (χ1v) is 12.0. The van der Waals surface area contributed by atoms with Crippen molar-refractivity contribution in [2.75, 3.05) is 23.1 Å². The number of benzene rings is 3. The van der Waals surface area contributed by atoms with Crippen LogP contribution in [0.5, 0.6) is 5.75 Å². The SMILES string of the molecule is CCc1ccc(N)c(CC)c1NC(=O)N(c1ccc(C(C)C)cc1)C(C)c1ccc(OC)cc1. The van der Waals surface area contributed by atoms with Crippen molar-refractivity contribution in [2.45, 2.75) is 59.4 Å². The van der Waals surface area contributed by atoms with E-state index in [0.717, 1.165) is 46.7 Å². The number of anilines is 3. The highest BCUT2D eigenvalue weighted by molar-refractivity contribution is 6.03. The first-order chi connectivity index (χ1) is 16.3. The van der Waals surface area contributed by atoms with Gasteiger partial charge in [0.25, 0.3) is 0 Å². The molecule has 0 fully saturated rings. The van der Waals surface area contributed by atoms with E-state index in [2.05, 4.69) is 45.1 Å². The maximum absolute atomic E-state index is 13.9. The number of urea groups is 1. The summed E-state index contributed by atoms with van der Waals surface area (Å²) in [6, 6.07) is 19.6. The molecule has 3 rings (SSSR count). The fraction of sp³-hybridized carbons (Fsp3) is 0.345. The standard InChI is InChI=1S/C29H37N3O2/c1-7-21-13-18-27(30)26(8-2)28(21)31-29(33)32(24-14-9-22(10-15-24)19(3)4)20(5)23-11-16-25(34-6)17-12-23/h9-20H,7-8,30H2,1-6H3,(H,31,33). The molecule has 1 atom stereocenters. The van der Waals surface area contributed by atoms with Crippen molar-refractivity contribution < 1.29 is 9.53 Å². The van der Waals surface area contributed by atoms with Crippen molar-refractivity contribution in [3.63, 3.8) is 0 Å². The molecule has 3 aromatic rings. The van der Waals surface area contributed by atoms with E-state index >= 15 is 0 Å². The van der Waals surface area contributed by atoms with Gasteiger partial charge in [-0.3, -0.25) is 4.90 Å². The van der Waals surface area contributed by atoms with Crippen LogP contribution < -0.4 is 20.7 Å². The molecule has 0 saturated heterocycles. The predicted octanol–water partition coefficient (Wildman–Crippen LogP) is 7.33. The number of carbonyl (C=O) groups is 1. The Balaban J connectivity index is 2.04. The lowest BCUT2D eigenvalue weighted by Gasteiger charge is -2.31. The minimum Gasteiger partial charge on any atom is -0.497 e. The average Bonchev–Trinajstić information content (AvgIpc) is 2.85. The van der Waals surface area contributed by atoms with Crippen LogP contribution in [0.25, 0.3) is 0 Å². The number of methoxy groups -OCH3 is 1. The lowest BCUT2D eigenvalue weighted by Crippen LogP contribution is -2.37. The summed E-state index contributed by atoms with van der Waals surface area (Å²) in [7, 11) is 1.65. The lowest BCUT2D eigenvalue weighted by molar-refractivity contribution is 0.255. The van der Waals surface area contributed by atoms with Crippen LogP contribution in [0.2, 0.25) is 0 Å². The summed E-state index contributed by atoms with van der Waals surface area (Å²) in [5.74, 6) is 1.20. The molecule has 0 aliphatic carbocycles. The van der Waals surface area contributed by atoms with Gasteiger partial charge in [-0.25, -0.2) is 4.79 Å². The van der Waals surface area contributed by atoms with E-state index in [-0.39, 0.29) is 12.1 Å². The maximum Gasteiger partial charge on any atom is 0.326 e. The van der Waals surface area contributed by atoms with Gasteiger partial charge < -0.3 is 15.8 Å². The van der Waals surface area contributed by atoms with E-state index in [0.29, 0.717) is 11.6 Å². The van der Waals surface area contributed by atoms with E-state index in [1.54, 1.807) is 7.11 Å². The summed E-state index contributed by atoms with van der Waals surface area (Å²) in [6.07, 6.45) is 1.55. The Morgan fingerprint density at radius 1 is 0.912 bits per heavy atom. The van der Waals surface area contributed by atoms with E-state index in [1.165, 1.54) is 5.56 Å². The molecule has 1 unspecified atom stereocenters. The molecule has 34 heavy (non-hydrogen) atoms. The molecule has 0 aromatic heterocycles. The number of rotatable bonds is 8. The normalized spacial score (nSPS) is 11.9. The number of carbonyl (C=O) groups excluding carboxylic acids is 1. The molecule has 5 heteroatoms. The van der Waals surface area contributed by atoms with Crippen LogP contribution >= 0.6 is 0 Å². The molecule has 0 radical (unpaired) electrons. The molecule has 3 aromatic carbocycles. The van der Waals surface area contributed by atoms with Gasteiger partial charge in [-0.05, 0) is 78.3 Å². The minimum absolute atomic E-state index is 0.185. The van der Waals surface area contributed by atoms with Crippen molar-refractivity contribution in [3.8, 4) is 5.75 Å². The minimum atomic E-state index is -0.202. The van der Waals surface area contributed by atoms with Crippen molar-refractivity contribution in [1.82, 2.24) is 0 Å². The van der Waals surface area contributed by atoms with Gasteiger partial charge in [-0.1, -0.05) is 58.0 Å². The number of amides is 2. The number of aryl methyl sites for hydroxylation is 1. The van der Waals surface area contributed by atoms with Gasteiger partial charge >= 0.3 is 6.03 Å². The Kier molecular flexibility index (Phi) is 8.21. The van der Waals surface area contributed by atoms with Crippen molar-refractivity contribution in [2.24, 2.45) is 0 Å². The summed E-state index contributed by atoms with van der Waals surface area (Å²) >= 11 is 0. The Hall–Kier alpha value is -3.47. The highest BCUT2D eigenvalue weighted by Crippen LogP contribution is 2.33. The Labute approximate surface area is 203 Å². The molecule has 0 bridgehead atoms. The van der Waals surface area contributed by atoms with Gasteiger partial charge in [0, 0.05) is 11.4 Å². The van der Waals surface area contributed by atoms with Crippen LogP contribution in [0.15, 0.2) is 60.7 Å². The number of nitrogens with zero attached hydrogens (tertiary/aromatic N) is 1. The third kappa shape index (κ3) is 5.36. The molecule has 0 aliphatic heterocycles. The summed E-state index contributed by atoms with van der Waals surface area (Å²) < 4.78 is 5.31. The molecule has 180 valence electrons. The van der Waals surface area contributed by atoms with Gasteiger partial charge in [0.1, 0.15) is 5.75 Å². The molecule has 5 nitrogen and oxygen atoms in total. The molecule has 0 spiro atoms. The number of ether oxygens (including phenoxy) is 1. The quantitative estimate of drug-likeness (QED) is 0.347. The summed E-state index contributed by atoms with van der Waals surface area (Å²) in [5, 5.41) is 3.21. The molecule has 3 N–H and O–H groups in total. The average molecular weight is 460 g/mol. The van der Waals surface area contributed by atoms with Gasteiger partial charge in [0.2, 0.25) is 0 Å². The second-order valence-electron chi connectivity index (χ2n) is 8.87. The van der Waals surface area contributed by atoms with Crippen LogP contribution in [0, 0.1) is 0 Å². The number of nitrogens with two attached hydrogens (primary N) is 1. The molecule has 2 amide bonds.